The molecule has 0 radical (unpaired) electrons. The summed E-state index contributed by atoms with van der Waals surface area (Å²) in [5, 5.41) is 9.43. The molecule has 3 aromatic rings. The van der Waals surface area contributed by atoms with Crippen LogP contribution in [0, 0.1) is 5.92 Å². The van der Waals surface area contributed by atoms with Crippen molar-refractivity contribution in [1.82, 2.24) is 25.8 Å². The maximum absolute atomic E-state index is 14.5. The molecule has 3 N–H and O–H groups in total. The third kappa shape index (κ3) is 8.99. The largest absolute Gasteiger partial charge is 0.497 e. The number of nitrogens with one attached hydrogen (secondary N) is 3. The summed E-state index contributed by atoms with van der Waals surface area (Å²) in [6.45, 7) is 1.87. The Balaban J connectivity index is 1.30. The summed E-state index contributed by atoms with van der Waals surface area (Å²) < 4.78 is 5.24. The van der Waals surface area contributed by atoms with Gasteiger partial charge in [0.25, 0.3) is 0 Å². The second-order valence-electron chi connectivity index (χ2n) is 12.9. The van der Waals surface area contributed by atoms with Gasteiger partial charge >= 0.3 is 0 Å². The highest BCUT2D eigenvalue weighted by Gasteiger charge is 2.47. The van der Waals surface area contributed by atoms with Gasteiger partial charge in [-0.2, -0.15) is 0 Å². The van der Waals surface area contributed by atoms with Crippen molar-refractivity contribution in [3.63, 3.8) is 0 Å². The monoisotopic (exact) mass is 639 g/mol. The SMILES string of the molecule is CNC(Cc1ccccc1)C(=O)N[C@@H]1C(=O)N2C(CC[C@@H]1CN(C)Cc1ccccc1)CC[C@H]2C(=O)NCCc1ccc(OC)cc1. The molecule has 5 atom stereocenters. The van der Waals surface area contributed by atoms with Gasteiger partial charge < -0.3 is 30.5 Å². The molecule has 2 aliphatic rings. The van der Waals surface area contributed by atoms with Gasteiger partial charge in [-0.15, -0.1) is 0 Å². The van der Waals surface area contributed by atoms with Crippen molar-refractivity contribution in [2.24, 2.45) is 5.92 Å². The molecule has 2 saturated heterocycles. The Hall–Kier alpha value is -4.21. The number of hydrogen-bond donors (Lipinski definition) is 3. The van der Waals surface area contributed by atoms with Crippen LogP contribution in [0.3, 0.4) is 0 Å². The maximum atomic E-state index is 14.5. The van der Waals surface area contributed by atoms with Gasteiger partial charge in [0.05, 0.1) is 13.2 Å². The minimum atomic E-state index is -0.731. The number of methoxy groups -OCH3 is 1. The van der Waals surface area contributed by atoms with Crippen LogP contribution in [-0.4, -0.2) is 86.0 Å². The van der Waals surface area contributed by atoms with E-state index in [4.69, 9.17) is 4.74 Å². The summed E-state index contributed by atoms with van der Waals surface area (Å²) in [4.78, 5) is 45.9. The molecule has 3 aromatic carbocycles. The lowest BCUT2D eigenvalue weighted by atomic mass is 9.92. The van der Waals surface area contributed by atoms with Crippen LogP contribution < -0.4 is 20.7 Å². The van der Waals surface area contributed by atoms with E-state index in [2.05, 4.69) is 40.0 Å². The maximum Gasteiger partial charge on any atom is 0.246 e. The van der Waals surface area contributed by atoms with Gasteiger partial charge in [0.1, 0.15) is 17.8 Å². The number of likely N-dealkylation sites (N-methyl/N-ethyl adjacent to an activating group) is 1. The van der Waals surface area contributed by atoms with E-state index in [0.717, 1.165) is 42.7 Å². The molecule has 2 heterocycles. The van der Waals surface area contributed by atoms with Crippen molar-refractivity contribution in [1.29, 1.82) is 0 Å². The molecule has 0 saturated carbocycles. The molecule has 47 heavy (non-hydrogen) atoms. The zero-order valence-electron chi connectivity index (χ0n) is 27.9. The number of rotatable bonds is 14. The molecule has 9 heteroatoms. The minimum Gasteiger partial charge on any atom is -0.497 e. The Labute approximate surface area is 279 Å². The van der Waals surface area contributed by atoms with Crippen LogP contribution in [0.15, 0.2) is 84.9 Å². The lowest BCUT2D eigenvalue weighted by Gasteiger charge is -2.34. The van der Waals surface area contributed by atoms with Crippen LogP contribution in [0.2, 0.25) is 0 Å². The number of hydrogen-bond acceptors (Lipinski definition) is 6. The first-order chi connectivity index (χ1) is 22.9. The van der Waals surface area contributed by atoms with Gasteiger partial charge in [0.15, 0.2) is 0 Å². The number of fused-ring (bicyclic) bond motifs is 1. The van der Waals surface area contributed by atoms with Crippen molar-refractivity contribution in [3.05, 3.63) is 102 Å². The van der Waals surface area contributed by atoms with E-state index in [1.165, 1.54) is 5.56 Å². The third-order valence-electron chi connectivity index (χ3n) is 9.63. The Morgan fingerprint density at radius 3 is 2.21 bits per heavy atom. The number of carbonyl (C=O) groups is 3. The minimum absolute atomic E-state index is 0.0203. The Bertz CT molecular complexity index is 1450. The first kappa shape index (κ1) is 34.1. The van der Waals surface area contributed by atoms with E-state index in [1.807, 2.05) is 72.8 Å². The smallest absolute Gasteiger partial charge is 0.246 e. The third-order valence-corrected chi connectivity index (χ3v) is 9.63. The summed E-state index contributed by atoms with van der Waals surface area (Å²) >= 11 is 0. The van der Waals surface area contributed by atoms with Gasteiger partial charge in [0, 0.05) is 31.6 Å². The van der Waals surface area contributed by atoms with Crippen LogP contribution in [0.4, 0.5) is 0 Å². The molecule has 0 aromatic heterocycles. The van der Waals surface area contributed by atoms with Crippen molar-refractivity contribution in [2.45, 2.75) is 69.2 Å². The number of nitrogens with zero attached hydrogens (tertiary/aromatic N) is 2. The first-order valence-electron chi connectivity index (χ1n) is 16.8. The molecule has 9 nitrogen and oxygen atoms in total. The van der Waals surface area contributed by atoms with Gasteiger partial charge in [-0.05, 0) is 81.4 Å². The Morgan fingerprint density at radius 2 is 1.55 bits per heavy atom. The quantitative estimate of drug-likeness (QED) is 0.249. The summed E-state index contributed by atoms with van der Waals surface area (Å²) in [6.07, 6.45) is 4.18. The van der Waals surface area contributed by atoms with Crippen molar-refractivity contribution in [2.75, 3.05) is 34.3 Å². The van der Waals surface area contributed by atoms with Gasteiger partial charge in [-0.25, -0.2) is 0 Å². The highest BCUT2D eigenvalue weighted by Crippen LogP contribution is 2.34. The highest BCUT2D eigenvalue weighted by atomic mass is 16.5. The highest BCUT2D eigenvalue weighted by molar-refractivity contribution is 5.94. The predicted octanol–water partition coefficient (Wildman–Crippen LogP) is 3.57. The second kappa shape index (κ2) is 16.6. The standard InChI is InChI=1S/C38H49N5O4/c1-39-33(24-28-10-6-4-7-11-28)36(44)41-35-30(26-42(2)25-29-12-8-5-9-13-29)16-17-31-18-21-34(43(31)38(35)46)37(45)40-23-22-27-14-19-32(47-3)20-15-27/h4-15,19-20,30-31,33-35,39H,16-18,21-26H2,1-3H3,(H,40,45)(H,41,44)/t30-,31?,33?,34+,35+/m1/s1. The van der Waals surface area contributed by atoms with Gasteiger partial charge in [-0.1, -0.05) is 72.8 Å². The molecule has 250 valence electrons. The summed E-state index contributed by atoms with van der Waals surface area (Å²) in [5.74, 6) is 0.210. The molecular formula is C38H49N5O4. The zero-order chi connectivity index (χ0) is 33.2. The van der Waals surface area contributed by atoms with Crippen LogP contribution in [0.5, 0.6) is 5.75 Å². The fourth-order valence-corrected chi connectivity index (χ4v) is 7.10. The normalized spacial score (nSPS) is 21.5. The summed E-state index contributed by atoms with van der Waals surface area (Å²) in [7, 11) is 5.47. The fraction of sp³-hybridized carbons (Fsp3) is 0.447. The number of ether oxygens (including phenoxy) is 1. The Morgan fingerprint density at radius 1 is 0.894 bits per heavy atom. The van der Waals surface area contributed by atoms with Crippen molar-refractivity contribution < 1.29 is 19.1 Å². The van der Waals surface area contributed by atoms with Crippen LogP contribution >= 0.6 is 0 Å². The molecular weight excluding hydrogens is 590 g/mol. The van der Waals surface area contributed by atoms with E-state index in [1.54, 1.807) is 19.1 Å². The van der Waals surface area contributed by atoms with E-state index in [0.29, 0.717) is 32.4 Å². The predicted molar refractivity (Wildman–Crippen MR) is 184 cm³/mol. The van der Waals surface area contributed by atoms with E-state index in [-0.39, 0.29) is 29.7 Å². The van der Waals surface area contributed by atoms with E-state index >= 15 is 0 Å². The van der Waals surface area contributed by atoms with Crippen LogP contribution in [0.1, 0.15) is 42.4 Å². The lowest BCUT2D eigenvalue weighted by molar-refractivity contribution is -0.143. The number of carbonyl (C=O) groups excluding carboxylic acids is 3. The Kier molecular flexibility index (Phi) is 12.0. The molecule has 0 aliphatic carbocycles. The van der Waals surface area contributed by atoms with Crippen molar-refractivity contribution in [3.8, 4) is 5.75 Å². The molecule has 0 spiro atoms. The zero-order valence-corrected chi connectivity index (χ0v) is 27.9. The average molecular weight is 640 g/mol. The molecule has 2 fully saturated rings. The van der Waals surface area contributed by atoms with Crippen LogP contribution in [-0.2, 0) is 33.8 Å². The first-order valence-corrected chi connectivity index (χ1v) is 16.8. The topological polar surface area (TPSA) is 103 Å². The number of benzene rings is 3. The second-order valence-corrected chi connectivity index (χ2v) is 12.9. The molecule has 2 unspecified atom stereocenters. The summed E-state index contributed by atoms with van der Waals surface area (Å²) in [6, 6.07) is 26.2. The summed E-state index contributed by atoms with van der Waals surface area (Å²) in [5.41, 5.74) is 3.33. The molecule has 5 rings (SSSR count). The van der Waals surface area contributed by atoms with Gasteiger partial charge in [0.2, 0.25) is 17.7 Å². The molecule has 3 amide bonds. The molecule has 2 aliphatic heterocycles. The average Bonchev–Trinajstić information content (AvgIpc) is 3.48. The molecule has 0 bridgehead atoms. The lowest BCUT2D eigenvalue weighted by Crippen LogP contribution is -2.59. The van der Waals surface area contributed by atoms with Gasteiger partial charge in [-0.3, -0.25) is 14.4 Å². The van der Waals surface area contributed by atoms with E-state index in [9.17, 15) is 14.4 Å². The van der Waals surface area contributed by atoms with E-state index < -0.39 is 18.1 Å². The van der Waals surface area contributed by atoms with Crippen LogP contribution in [0.25, 0.3) is 0 Å². The van der Waals surface area contributed by atoms with Crippen molar-refractivity contribution >= 4 is 17.7 Å². The number of amides is 3. The fourth-order valence-electron chi connectivity index (χ4n) is 7.10.